The number of hydrogen-bond donors (Lipinski definition) is 1. The fourth-order valence-corrected chi connectivity index (χ4v) is 1.53. The minimum atomic E-state index is -0.644. The Morgan fingerprint density at radius 3 is 2.15 bits per heavy atom. The largest absolute Gasteiger partial charge is 0.508 e. The van der Waals surface area contributed by atoms with E-state index in [4.69, 9.17) is 4.74 Å². The Labute approximate surface area is 119 Å². The zero-order valence-electron chi connectivity index (χ0n) is 12.5. The molecule has 1 unspecified atom stereocenters. The minimum absolute atomic E-state index is 0.0923. The zero-order chi connectivity index (χ0) is 15.5. The second kappa shape index (κ2) is 5.94. The van der Waals surface area contributed by atoms with Gasteiger partial charge in [-0.1, -0.05) is 0 Å². The number of rotatable bonds is 3. The molecule has 5 nitrogen and oxygen atoms in total. The van der Waals surface area contributed by atoms with Crippen molar-refractivity contribution in [1.29, 1.82) is 0 Å². The topological polar surface area (TPSA) is 66.8 Å². The number of amides is 1. The summed E-state index contributed by atoms with van der Waals surface area (Å²) in [5.41, 5.74) is -0.169. The maximum absolute atomic E-state index is 12.2. The molecule has 1 amide bonds. The fourth-order valence-electron chi connectivity index (χ4n) is 1.53. The number of benzene rings is 1. The van der Waals surface area contributed by atoms with E-state index in [2.05, 4.69) is 0 Å². The van der Waals surface area contributed by atoms with E-state index in [0.717, 1.165) is 0 Å². The smallest absolute Gasteiger partial charge is 0.410 e. The number of nitrogens with zero attached hydrogens (tertiary/aromatic N) is 1. The molecule has 0 radical (unpaired) electrons. The molecule has 0 bridgehead atoms. The first kappa shape index (κ1) is 16.0. The standard InChI is InChI=1S/C15H21NO4/c1-10(16(5)14(19)20-15(2,3)4)13(18)11-6-8-12(17)9-7-11/h6-10,17H,1-5H3. The van der Waals surface area contributed by atoms with Crippen molar-refractivity contribution in [3.63, 3.8) is 0 Å². The number of ketones is 1. The molecule has 1 aromatic rings. The van der Waals surface area contributed by atoms with Gasteiger partial charge in [0.2, 0.25) is 0 Å². The van der Waals surface area contributed by atoms with Crippen molar-refractivity contribution in [2.45, 2.75) is 39.3 Å². The third kappa shape index (κ3) is 4.26. The van der Waals surface area contributed by atoms with Crippen LogP contribution >= 0.6 is 0 Å². The van der Waals surface area contributed by atoms with Crippen molar-refractivity contribution in [2.75, 3.05) is 7.05 Å². The predicted octanol–water partition coefficient (Wildman–Crippen LogP) is 2.83. The van der Waals surface area contributed by atoms with Crippen LogP contribution in [0.15, 0.2) is 24.3 Å². The number of likely N-dealkylation sites (N-methyl/N-ethyl adjacent to an activating group) is 1. The Morgan fingerprint density at radius 1 is 1.20 bits per heavy atom. The molecule has 0 spiro atoms. The Morgan fingerprint density at radius 2 is 1.70 bits per heavy atom. The van der Waals surface area contributed by atoms with Gasteiger partial charge in [0.05, 0.1) is 6.04 Å². The quantitative estimate of drug-likeness (QED) is 0.864. The lowest BCUT2D eigenvalue weighted by Crippen LogP contribution is -2.43. The van der Waals surface area contributed by atoms with Gasteiger partial charge < -0.3 is 14.7 Å². The predicted molar refractivity (Wildman–Crippen MR) is 75.9 cm³/mol. The van der Waals surface area contributed by atoms with Gasteiger partial charge in [0.1, 0.15) is 11.4 Å². The number of phenolic OH excluding ortho intramolecular Hbond substituents is 1. The van der Waals surface area contributed by atoms with Gasteiger partial charge in [-0.15, -0.1) is 0 Å². The van der Waals surface area contributed by atoms with Crippen LogP contribution in [-0.2, 0) is 4.74 Å². The lowest BCUT2D eigenvalue weighted by Gasteiger charge is -2.28. The maximum atomic E-state index is 12.2. The monoisotopic (exact) mass is 279 g/mol. The van der Waals surface area contributed by atoms with Crippen molar-refractivity contribution in [1.82, 2.24) is 4.90 Å². The molecule has 5 heteroatoms. The SMILES string of the molecule is CC(C(=O)c1ccc(O)cc1)N(C)C(=O)OC(C)(C)C. The average molecular weight is 279 g/mol. The number of aromatic hydroxyl groups is 1. The highest BCUT2D eigenvalue weighted by Crippen LogP contribution is 2.15. The van der Waals surface area contributed by atoms with Gasteiger partial charge in [-0.2, -0.15) is 0 Å². The summed E-state index contributed by atoms with van der Waals surface area (Å²) in [5, 5.41) is 9.21. The van der Waals surface area contributed by atoms with Crippen LogP contribution in [0, 0.1) is 0 Å². The minimum Gasteiger partial charge on any atom is -0.508 e. The lowest BCUT2D eigenvalue weighted by molar-refractivity contribution is 0.0231. The summed E-state index contributed by atoms with van der Waals surface area (Å²) in [6.45, 7) is 6.95. The van der Waals surface area contributed by atoms with E-state index in [9.17, 15) is 14.7 Å². The Balaban J connectivity index is 2.78. The summed E-state index contributed by atoms with van der Waals surface area (Å²) in [4.78, 5) is 25.4. The van der Waals surface area contributed by atoms with E-state index in [1.807, 2.05) is 0 Å². The summed E-state index contributed by atoms with van der Waals surface area (Å²) in [7, 11) is 1.52. The molecule has 0 fully saturated rings. The van der Waals surface area contributed by atoms with Crippen molar-refractivity contribution in [3.8, 4) is 5.75 Å². The van der Waals surface area contributed by atoms with Crippen LogP contribution < -0.4 is 0 Å². The number of carbonyl (C=O) groups is 2. The Kier molecular flexibility index (Phi) is 4.76. The zero-order valence-corrected chi connectivity index (χ0v) is 12.5. The van der Waals surface area contributed by atoms with Crippen LogP contribution in [-0.4, -0.2) is 40.6 Å². The van der Waals surface area contributed by atoms with Gasteiger partial charge in [0.25, 0.3) is 0 Å². The number of Topliss-reactive ketones (excluding diaryl/α,β-unsaturated/α-hetero) is 1. The van der Waals surface area contributed by atoms with Crippen molar-refractivity contribution in [2.24, 2.45) is 0 Å². The van der Waals surface area contributed by atoms with E-state index in [1.54, 1.807) is 27.7 Å². The second-order valence-electron chi connectivity index (χ2n) is 5.68. The molecule has 1 N–H and O–H groups in total. The summed E-state index contributed by atoms with van der Waals surface area (Å²) in [6.07, 6.45) is -0.544. The lowest BCUT2D eigenvalue weighted by atomic mass is 10.0. The van der Waals surface area contributed by atoms with Crippen LogP contribution in [0.4, 0.5) is 4.79 Å². The van der Waals surface area contributed by atoms with Crippen molar-refractivity contribution < 1.29 is 19.4 Å². The second-order valence-corrected chi connectivity index (χ2v) is 5.68. The third-order valence-electron chi connectivity index (χ3n) is 2.79. The summed E-state index contributed by atoms with van der Waals surface area (Å²) >= 11 is 0. The first-order valence-electron chi connectivity index (χ1n) is 6.41. The normalized spacial score (nSPS) is 12.7. The number of hydrogen-bond acceptors (Lipinski definition) is 4. The Bertz CT molecular complexity index is 488. The molecule has 1 aromatic carbocycles. The third-order valence-corrected chi connectivity index (χ3v) is 2.79. The molecule has 0 aromatic heterocycles. The highest BCUT2D eigenvalue weighted by molar-refractivity contribution is 6.01. The Hall–Kier alpha value is -2.04. The molecule has 1 atom stereocenters. The fraction of sp³-hybridized carbons (Fsp3) is 0.467. The first-order chi connectivity index (χ1) is 9.11. The van der Waals surface area contributed by atoms with Gasteiger partial charge in [0.15, 0.2) is 5.78 Å². The highest BCUT2D eigenvalue weighted by atomic mass is 16.6. The van der Waals surface area contributed by atoms with Crippen molar-refractivity contribution in [3.05, 3.63) is 29.8 Å². The molecule has 0 aliphatic heterocycles. The van der Waals surface area contributed by atoms with Gasteiger partial charge in [-0.3, -0.25) is 4.79 Å². The van der Waals surface area contributed by atoms with Crippen LogP contribution in [0.5, 0.6) is 5.75 Å². The summed E-state index contributed by atoms with van der Waals surface area (Å²) < 4.78 is 5.22. The number of carbonyl (C=O) groups excluding carboxylic acids is 2. The molecule has 110 valence electrons. The van der Waals surface area contributed by atoms with E-state index < -0.39 is 17.7 Å². The van der Waals surface area contributed by atoms with Crippen LogP contribution in [0.25, 0.3) is 0 Å². The van der Waals surface area contributed by atoms with Gasteiger partial charge in [0, 0.05) is 12.6 Å². The number of phenols is 1. The molecule has 0 saturated carbocycles. The highest BCUT2D eigenvalue weighted by Gasteiger charge is 2.27. The molecule has 0 heterocycles. The van der Waals surface area contributed by atoms with Crippen molar-refractivity contribution >= 4 is 11.9 Å². The number of ether oxygens (including phenoxy) is 1. The first-order valence-corrected chi connectivity index (χ1v) is 6.41. The molecular weight excluding hydrogens is 258 g/mol. The maximum Gasteiger partial charge on any atom is 0.410 e. The summed E-state index contributed by atoms with van der Waals surface area (Å²) in [6, 6.07) is 5.28. The van der Waals surface area contributed by atoms with Crippen LogP contribution in [0.3, 0.4) is 0 Å². The van der Waals surface area contributed by atoms with Crippen LogP contribution in [0.1, 0.15) is 38.1 Å². The average Bonchev–Trinajstić information content (AvgIpc) is 2.35. The van der Waals surface area contributed by atoms with E-state index >= 15 is 0 Å². The molecule has 0 aliphatic rings. The molecule has 0 aliphatic carbocycles. The van der Waals surface area contributed by atoms with Gasteiger partial charge >= 0.3 is 6.09 Å². The van der Waals surface area contributed by atoms with Gasteiger partial charge in [-0.25, -0.2) is 4.79 Å². The molecule has 20 heavy (non-hydrogen) atoms. The molecule has 1 rings (SSSR count). The van der Waals surface area contributed by atoms with E-state index in [-0.39, 0.29) is 11.5 Å². The molecule has 0 saturated heterocycles. The molecular formula is C15H21NO4. The van der Waals surface area contributed by atoms with Gasteiger partial charge in [-0.05, 0) is 52.0 Å². The van der Waals surface area contributed by atoms with E-state index in [1.165, 1.54) is 36.2 Å². The summed E-state index contributed by atoms with van der Waals surface area (Å²) in [5.74, 6) is -0.118. The van der Waals surface area contributed by atoms with Crippen LogP contribution in [0.2, 0.25) is 0 Å². The van der Waals surface area contributed by atoms with E-state index in [0.29, 0.717) is 5.56 Å².